The van der Waals surface area contributed by atoms with Crippen LogP contribution in [-0.4, -0.2) is 7.11 Å². The number of hydrogen-bond acceptors (Lipinski definition) is 3. The molecule has 0 atom stereocenters. The minimum atomic E-state index is 0.869. The van der Waals surface area contributed by atoms with Crippen molar-refractivity contribution in [3.63, 3.8) is 0 Å². The van der Waals surface area contributed by atoms with E-state index in [4.69, 9.17) is 4.74 Å². The third kappa shape index (κ3) is 3.62. The predicted molar refractivity (Wildman–Crippen MR) is 113 cm³/mol. The van der Waals surface area contributed by atoms with Crippen LogP contribution in [0.25, 0.3) is 0 Å². The maximum absolute atomic E-state index is 5.29. The molecule has 1 heterocycles. The number of hydrogen-bond donors (Lipinski definition) is 0. The third-order valence-electron chi connectivity index (χ3n) is 4.60. The Labute approximate surface area is 167 Å². The fourth-order valence-electron chi connectivity index (χ4n) is 3.22. The highest BCUT2D eigenvalue weighted by Crippen LogP contribution is 2.42. The van der Waals surface area contributed by atoms with Gasteiger partial charge in [0.15, 0.2) is 0 Å². The molecule has 0 aliphatic carbocycles. The zero-order valence-corrected chi connectivity index (χ0v) is 17.0. The second-order valence-electron chi connectivity index (χ2n) is 6.35. The molecule has 0 amide bonds. The van der Waals surface area contributed by atoms with Gasteiger partial charge in [-0.2, -0.15) is 0 Å². The number of anilines is 1. The Bertz CT molecular complexity index is 910. The van der Waals surface area contributed by atoms with Crippen LogP contribution in [0.5, 0.6) is 5.75 Å². The molecule has 0 fully saturated rings. The van der Waals surface area contributed by atoms with Gasteiger partial charge in [0.05, 0.1) is 12.8 Å². The number of fused-ring (bicyclic) bond motifs is 2. The van der Waals surface area contributed by atoms with E-state index in [1.165, 1.54) is 32.2 Å². The Hall–Kier alpha value is -1.91. The number of methoxy groups -OCH3 is 1. The summed E-state index contributed by atoms with van der Waals surface area (Å²) in [6, 6.07) is 23.8. The summed E-state index contributed by atoms with van der Waals surface area (Å²) in [6.45, 7) is 1.78. The number of nitrogens with zero attached hydrogens (tertiary/aromatic N) is 1. The minimum Gasteiger partial charge on any atom is -0.497 e. The number of ether oxygens (including phenoxy) is 1. The molecule has 0 spiro atoms. The Morgan fingerprint density at radius 2 is 1.73 bits per heavy atom. The molecule has 3 aromatic carbocycles. The molecule has 26 heavy (non-hydrogen) atoms. The molecule has 0 bridgehead atoms. The van der Waals surface area contributed by atoms with Gasteiger partial charge < -0.3 is 9.64 Å². The summed E-state index contributed by atoms with van der Waals surface area (Å²) >= 11 is 5.46. The van der Waals surface area contributed by atoms with Crippen molar-refractivity contribution in [2.24, 2.45) is 0 Å². The summed E-state index contributed by atoms with van der Waals surface area (Å²) in [5, 5.41) is 0.869. The van der Waals surface area contributed by atoms with Crippen LogP contribution >= 0.6 is 27.7 Å². The van der Waals surface area contributed by atoms with Crippen LogP contribution in [0.2, 0.25) is 0 Å². The average molecular weight is 426 g/mol. The molecule has 0 radical (unpaired) electrons. The van der Waals surface area contributed by atoms with Gasteiger partial charge in [-0.15, -0.1) is 0 Å². The number of alkyl halides is 1. The highest BCUT2D eigenvalue weighted by Gasteiger charge is 2.20. The van der Waals surface area contributed by atoms with E-state index < -0.39 is 0 Å². The van der Waals surface area contributed by atoms with E-state index in [2.05, 4.69) is 75.4 Å². The van der Waals surface area contributed by atoms with Gasteiger partial charge in [0.2, 0.25) is 0 Å². The van der Waals surface area contributed by atoms with Crippen LogP contribution in [-0.2, 0) is 18.4 Å². The minimum absolute atomic E-state index is 0.869. The maximum atomic E-state index is 5.29. The van der Waals surface area contributed by atoms with Crippen LogP contribution in [0, 0.1) is 0 Å². The summed E-state index contributed by atoms with van der Waals surface area (Å²) in [4.78, 5) is 5.13. The smallest absolute Gasteiger partial charge is 0.118 e. The van der Waals surface area contributed by atoms with Crippen LogP contribution < -0.4 is 9.64 Å². The van der Waals surface area contributed by atoms with E-state index in [1.807, 2.05) is 23.9 Å². The van der Waals surface area contributed by atoms with E-state index >= 15 is 0 Å². The van der Waals surface area contributed by atoms with Gasteiger partial charge >= 0.3 is 0 Å². The van der Waals surface area contributed by atoms with E-state index in [1.54, 1.807) is 7.11 Å². The van der Waals surface area contributed by atoms with Crippen molar-refractivity contribution in [1.29, 1.82) is 0 Å². The predicted octanol–water partition coefficient (Wildman–Crippen LogP) is 6.26. The summed E-state index contributed by atoms with van der Waals surface area (Å²) in [6.07, 6.45) is 0. The monoisotopic (exact) mass is 425 g/mol. The Balaban J connectivity index is 1.73. The SMILES string of the molecule is COc1ccc(CN2Cc3ccccc3Sc3ccc(CBr)cc32)cc1. The van der Waals surface area contributed by atoms with Gasteiger partial charge in [0, 0.05) is 28.2 Å². The molecular formula is C22H20BrNOS. The fraction of sp³-hybridized carbons (Fsp3) is 0.182. The zero-order valence-electron chi connectivity index (χ0n) is 14.6. The van der Waals surface area contributed by atoms with Crippen LogP contribution in [0.1, 0.15) is 16.7 Å². The lowest BCUT2D eigenvalue weighted by Gasteiger charge is -2.25. The lowest BCUT2D eigenvalue weighted by atomic mass is 10.1. The normalized spacial score (nSPS) is 12.9. The molecule has 2 nitrogen and oxygen atoms in total. The van der Waals surface area contributed by atoms with Gasteiger partial charge in [-0.05, 0) is 47.0 Å². The first-order valence-electron chi connectivity index (χ1n) is 8.59. The standard InChI is InChI=1S/C22H20BrNOS/c1-25-19-9-6-16(7-10-19)14-24-15-18-4-2-3-5-21(18)26-22-11-8-17(13-23)12-20(22)24/h2-12H,13-15H2,1H3. The molecule has 1 aliphatic heterocycles. The van der Waals surface area contributed by atoms with Gasteiger partial charge in [-0.1, -0.05) is 64.1 Å². The number of benzene rings is 3. The summed E-state index contributed by atoms with van der Waals surface area (Å²) < 4.78 is 5.29. The molecule has 4 heteroatoms. The van der Waals surface area contributed by atoms with Crippen LogP contribution in [0.4, 0.5) is 5.69 Å². The quantitative estimate of drug-likeness (QED) is 0.457. The first-order valence-corrected chi connectivity index (χ1v) is 10.5. The molecule has 0 unspecified atom stereocenters. The molecule has 132 valence electrons. The highest BCUT2D eigenvalue weighted by atomic mass is 79.9. The number of rotatable bonds is 4. The van der Waals surface area contributed by atoms with Crippen molar-refractivity contribution >= 4 is 33.4 Å². The van der Waals surface area contributed by atoms with Crippen molar-refractivity contribution < 1.29 is 4.74 Å². The highest BCUT2D eigenvalue weighted by molar-refractivity contribution is 9.08. The van der Waals surface area contributed by atoms with Gasteiger partial charge in [0.25, 0.3) is 0 Å². The van der Waals surface area contributed by atoms with Gasteiger partial charge in [-0.3, -0.25) is 0 Å². The molecule has 3 aromatic rings. The summed E-state index contributed by atoms with van der Waals surface area (Å²) in [7, 11) is 1.70. The van der Waals surface area contributed by atoms with E-state index in [9.17, 15) is 0 Å². The average Bonchev–Trinajstić information content (AvgIpc) is 2.84. The van der Waals surface area contributed by atoms with Crippen molar-refractivity contribution in [2.45, 2.75) is 28.2 Å². The Kier molecular flexibility index (Phi) is 5.23. The van der Waals surface area contributed by atoms with Crippen LogP contribution in [0.3, 0.4) is 0 Å². The fourth-order valence-corrected chi connectivity index (χ4v) is 4.64. The second-order valence-corrected chi connectivity index (χ2v) is 7.99. The summed E-state index contributed by atoms with van der Waals surface area (Å²) in [5.41, 5.74) is 5.27. The van der Waals surface area contributed by atoms with Crippen molar-refractivity contribution in [2.75, 3.05) is 12.0 Å². The molecule has 0 saturated heterocycles. The molecular weight excluding hydrogens is 406 g/mol. The maximum Gasteiger partial charge on any atom is 0.118 e. The van der Waals surface area contributed by atoms with Crippen LogP contribution in [0.15, 0.2) is 76.5 Å². The second kappa shape index (κ2) is 7.77. The lowest BCUT2D eigenvalue weighted by Crippen LogP contribution is -2.22. The number of halogens is 1. The van der Waals surface area contributed by atoms with E-state index in [-0.39, 0.29) is 0 Å². The first kappa shape index (κ1) is 17.5. The van der Waals surface area contributed by atoms with E-state index in [0.717, 1.165) is 24.2 Å². The molecule has 0 aromatic heterocycles. The topological polar surface area (TPSA) is 12.5 Å². The summed E-state index contributed by atoms with van der Waals surface area (Å²) in [5.74, 6) is 0.896. The van der Waals surface area contributed by atoms with Gasteiger partial charge in [0.1, 0.15) is 5.75 Å². The largest absolute Gasteiger partial charge is 0.497 e. The third-order valence-corrected chi connectivity index (χ3v) is 6.44. The zero-order chi connectivity index (χ0) is 17.9. The van der Waals surface area contributed by atoms with Crippen molar-refractivity contribution in [3.05, 3.63) is 83.4 Å². The molecule has 0 saturated carbocycles. The van der Waals surface area contributed by atoms with Gasteiger partial charge in [-0.25, -0.2) is 0 Å². The van der Waals surface area contributed by atoms with Crippen molar-refractivity contribution in [1.82, 2.24) is 0 Å². The Morgan fingerprint density at radius 3 is 2.50 bits per heavy atom. The van der Waals surface area contributed by atoms with E-state index in [0.29, 0.717) is 0 Å². The molecule has 0 N–H and O–H groups in total. The molecule has 1 aliphatic rings. The lowest BCUT2D eigenvalue weighted by molar-refractivity contribution is 0.414. The first-order chi connectivity index (χ1) is 12.8. The van der Waals surface area contributed by atoms with Crippen molar-refractivity contribution in [3.8, 4) is 5.75 Å². The Morgan fingerprint density at radius 1 is 0.962 bits per heavy atom. The molecule has 4 rings (SSSR count).